The molecule has 0 fully saturated rings. The Morgan fingerprint density at radius 1 is 1.00 bits per heavy atom. The van der Waals surface area contributed by atoms with Gasteiger partial charge in [0.25, 0.3) is 5.91 Å². The van der Waals surface area contributed by atoms with Crippen molar-refractivity contribution in [2.75, 3.05) is 5.32 Å². The zero-order valence-electron chi connectivity index (χ0n) is 17.5. The molecule has 31 heavy (non-hydrogen) atoms. The first-order chi connectivity index (χ1) is 15.0. The summed E-state index contributed by atoms with van der Waals surface area (Å²) < 4.78 is 0. The van der Waals surface area contributed by atoms with Crippen LogP contribution in [0.5, 0.6) is 0 Å². The summed E-state index contributed by atoms with van der Waals surface area (Å²) in [6.07, 6.45) is 2.01. The van der Waals surface area contributed by atoms with Gasteiger partial charge in [-0.25, -0.2) is 0 Å². The van der Waals surface area contributed by atoms with Gasteiger partial charge in [0.15, 0.2) is 0 Å². The lowest BCUT2D eigenvalue weighted by Crippen LogP contribution is -2.31. The summed E-state index contributed by atoms with van der Waals surface area (Å²) in [5.74, 6) is -0.241. The number of carbonyl (C=O) groups is 2. The van der Waals surface area contributed by atoms with Crippen molar-refractivity contribution in [1.82, 2.24) is 15.5 Å². The predicted octanol–water partition coefficient (Wildman–Crippen LogP) is 5.60. The molecule has 1 aromatic heterocycles. The Hall–Kier alpha value is -2.77. The second kappa shape index (κ2) is 11.0. The third-order valence-corrected chi connectivity index (χ3v) is 6.37. The maximum Gasteiger partial charge on any atom is 0.253 e. The number of rotatable bonds is 9. The van der Waals surface area contributed by atoms with E-state index in [1.54, 1.807) is 24.3 Å². The van der Waals surface area contributed by atoms with Crippen LogP contribution in [0.2, 0.25) is 5.02 Å². The molecule has 3 aromatic rings. The number of nitrogens with zero attached hydrogens (tertiary/aromatic N) is 2. The highest BCUT2D eigenvalue weighted by Crippen LogP contribution is 2.28. The molecule has 0 aliphatic carbocycles. The van der Waals surface area contributed by atoms with Crippen LogP contribution >= 0.6 is 22.9 Å². The number of anilines is 1. The minimum Gasteiger partial charge on any atom is -0.345 e. The van der Waals surface area contributed by atoms with Gasteiger partial charge in [-0.2, -0.15) is 0 Å². The Balaban J connectivity index is 1.72. The number of carbonyl (C=O) groups excluding carboxylic acids is 2. The quantitative estimate of drug-likeness (QED) is 0.439. The largest absolute Gasteiger partial charge is 0.345 e. The molecule has 2 aromatic carbocycles. The molecule has 0 bridgehead atoms. The SMILES string of the molecule is CCC(CC)c1nnc(NC(=O)C[C@H](NC(=O)c2ccccc2Cl)c2ccccc2)s1. The fourth-order valence-corrected chi connectivity index (χ4v) is 4.51. The van der Waals surface area contributed by atoms with Gasteiger partial charge in [0.1, 0.15) is 5.01 Å². The van der Waals surface area contributed by atoms with Crippen LogP contribution < -0.4 is 10.6 Å². The normalized spacial score (nSPS) is 11.9. The van der Waals surface area contributed by atoms with E-state index in [4.69, 9.17) is 11.6 Å². The van der Waals surface area contributed by atoms with Crippen molar-refractivity contribution in [3.63, 3.8) is 0 Å². The van der Waals surface area contributed by atoms with E-state index in [2.05, 4.69) is 34.7 Å². The van der Waals surface area contributed by atoms with Gasteiger partial charge in [-0.05, 0) is 30.5 Å². The monoisotopic (exact) mass is 456 g/mol. The Morgan fingerprint density at radius 2 is 1.68 bits per heavy atom. The lowest BCUT2D eigenvalue weighted by Gasteiger charge is -2.19. The standard InChI is InChI=1S/C23H25ClN4O2S/c1-3-15(4-2)22-27-28-23(31-22)26-20(29)14-19(16-10-6-5-7-11-16)25-21(30)17-12-8-9-13-18(17)24/h5-13,15,19H,3-4,14H2,1-2H3,(H,25,30)(H,26,28,29)/t19-/m0/s1. The Labute approximate surface area is 191 Å². The molecular weight excluding hydrogens is 432 g/mol. The fourth-order valence-electron chi connectivity index (χ4n) is 3.26. The molecule has 1 atom stereocenters. The Bertz CT molecular complexity index is 1020. The molecule has 0 saturated carbocycles. The van der Waals surface area contributed by atoms with E-state index in [0.29, 0.717) is 21.6 Å². The van der Waals surface area contributed by atoms with Gasteiger partial charge in [-0.1, -0.05) is 79.2 Å². The molecule has 3 rings (SSSR count). The Kier molecular flexibility index (Phi) is 8.14. The van der Waals surface area contributed by atoms with Crippen LogP contribution in [0.1, 0.15) is 66.0 Å². The van der Waals surface area contributed by atoms with Crippen LogP contribution in [0.15, 0.2) is 54.6 Å². The van der Waals surface area contributed by atoms with Crippen LogP contribution in [0, 0.1) is 0 Å². The van der Waals surface area contributed by atoms with E-state index in [9.17, 15) is 9.59 Å². The summed E-state index contributed by atoms with van der Waals surface area (Å²) >= 11 is 7.55. The summed E-state index contributed by atoms with van der Waals surface area (Å²) in [7, 11) is 0. The van der Waals surface area contributed by atoms with Crippen molar-refractivity contribution in [2.24, 2.45) is 0 Å². The Morgan fingerprint density at radius 3 is 2.35 bits per heavy atom. The van der Waals surface area contributed by atoms with Crippen LogP contribution in [0.3, 0.4) is 0 Å². The van der Waals surface area contributed by atoms with E-state index in [-0.39, 0.29) is 18.2 Å². The highest BCUT2D eigenvalue weighted by Gasteiger charge is 2.21. The average Bonchev–Trinajstić information content (AvgIpc) is 3.23. The number of hydrogen-bond donors (Lipinski definition) is 2. The van der Waals surface area contributed by atoms with Gasteiger partial charge in [-0.3, -0.25) is 9.59 Å². The molecule has 0 unspecified atom stereocenters. The van der Waals surface area contributed by atoms with Crippen LogP contribution in [-0.4, -0.2) is 22.0 Å². The smallest absolute Gasteiger partial charge is 0.253 e. The summed E-state index contributed by atoms with van der Waals surface area (Å²) in [5.41, 5.74) is 1.19. The second-order valence-corrected chi connectivity index (χ2v) is 8.54. The molecule has 2 N–H and O–H groups in total. The van der Waals surface area contributed by atoms with Gasteiger partial charge >= 0.3 is 0 Å². The number of halogens is 1. The highest BCUT2D eigenvalue weighted by atomic mass is 35.5. The van der Waals surface area contributed by atoms with Crippen molar-refractivity contribution >= 4 is 39.9 Å². The molecular formula is C23H25ClN4O2S. The predicted molar refractivity (Wildman–Crippen MR) is 125 cm³/mol. The van der Waals surface area contributed by atoms with Crippen molar-refractivity contribution in [2.45, 2.75) is 45.1 Å². The first-order valence-corrected chi connectivity index (χ1v) is 11.4. The van der Waals surface area contributed by atoms with Crippen LogP contribution in [0.4, 0.5) is 5.13 Å². The lowest BCUT2D eigenvalue weighted by molar-refractivity contribution is -0.116. The molecule has 0 saturated heterocycles. The topological polar surface area (TPSA) is 84.0 Å². The second-order valence-electron chi connectivity index (χ2n) is 7.13. The minimum absolute atomic E-state index is 0.0557. The first kappa shape index (κ1) is 22.9. The van der Waals surface area contributed by atoms with Crippen molar-refractivity contribution in [1.29, 1.82) is 0 Å². The molecule has 2 amide bonds. The van der Waals surface area contributed by atoms with Crippen LogP contribution in [0.25, 0.3) is 0 Å². The van der Waals surface area contributed by atoms with Gasteiger partial charge in [0, 0.05) is 5.92 Å². The molecule has 8 heteroatoms. The lowest BCUT2D eigenvalue weighted by atomic mass is 10.0. The number of nitrogens with one attached hydrogen (secondary N) is 2. The molecule has 162 valence electrons. The number of aromatic nitrogens is 2. The van der Waals surface area contributed by atoms with E-state index in [1.165, 1.54) is 11.3 Å². The molecule has 0 aliphatic rings. The van der Waals surface area contributed by atoms with Crippen molar-refractivity contribution in [3.8, 4) is 0 Å². The third-order valence-electron chi connectivity index (χ3n) is 5.04. The van der Waals surface area contributed by atoms with E-state index < -0.39 is 6.04 Å². The molecule has 0 radical (unpaired) electrons. The third kappa shape index (κ3) is 6.12. The molecule has 6 nitrogen and oxygen atoms in total. The fraction of sp³-hybridized carbons (Fsp3) is 0.304. The maximum absolute atomic E-state index is 12.8. The zero-order valence-corrected chi connectivity index (χ0v) is 19.0. The van der Waals surface area contributed by atoms with Crippen LogP contribution in [-0.2, 0) is 4.79 Å². The van der Waals surface area contributed by atoms with Crippen molar-refractivity contribution in [3.05, 3.63) is 75.8 Å². The summed E-state index contributed by atoms with van der Waals surface area (Å²) in [6.45, 7) is 4.22. The summed E-state index contributed by atoms with van der Waals surface area (Å²) in [5, 5.41) is 15.8. The number of benzene rings is 2. The van der Waals surface area contributed by atoms with Crippen molar-refractivity contribution < 1.29 is 9.59 Å². The molecule has 0 aliphatic heterocycles. The minimum atomic E-state index is -0.517. The zero-order chi connectivity index (χ0) is 22.2. The highest BCUT2D eigenvalue weighted by molar-refractivity contribution is 7.15. The number of hydrogen-bond acceptors (Lipinski definition) is 5. The summed E-state index contributed by atoms with van der Waals surface area (Å²) in [4.78, 5) is 25.5. The van der Waals surface area contributed by atoms with E-state index in [0.717, 1.165) is 23.4 Å². The van der Waals surface area contributed by atoms with Gasteiger partial charge < -0.3 is 10.6 Å². The first-order valence-electron chi connectivity index (χ1n) is 10.2. The summed E-state index contributed by atoms with van der Waals surface area (Å²) in [6, 6.07) is 15.7. The van der Waals surface area contributed by atoms with Gasteiger partial charge in [-0.15, -0.1) is 10.2 Å². The molecule has 1 heterocycles. The van der Waals surface area contributed by atoms with E-state index >= 15 is 0 Å². The number of amides is 2. The van der Waals surface area contributed by atoms with Gasteiger partial charge in [0.2, 0.25) is 11.0 Å². The average molecular weight is 457 g/mol. The molecule has 0 spiro atoms. The maximum atomic E-state index is 12.8. The van der Waals surface area contributed by atoms with Gasteiger partial charge in [0.05, 0.1) is 23.0 Å². The van der Waals surface area contributed by atoms with E-state index in [1.807, 2.05) is 30.3 Å².